The first-order chi connectivity index (χ1) is 12.1. The number of aromatic nitrogens is 6. The highest BCUT2D eigenvalue weighted by Crippen LogP contribution is 2.17. The largest absolute Gasteiger partial charge is 0.352 e. The first kappa shape index (κ1) is 15.6. The number of carbonyl (C=O) groups excluding carboxylic acids is 1. The fourth-order valence-corrected chi connectivity index (χ4v) is 3.16. The number of fused-ring (bicyclic) bond motifs is 1. The van der Waals surface area contributed by atoms with Gasteiger partial charge in [0.15, 0.2) is 11.5 Å². The zero-order valence-electron chi connectivity index (χ0n) is 14.3. The van der Waals surface area contributed by atoms with E-state index < -0.39 is 0 Å². The summed E-state index contributed by atoms with van der Waals surface area (Å²) in [6.45, 7) is 4.73. The van der Waals surface area contributed by atoms with Gasteiger partial charge in [-0.25, -0.2) is 4.98 Å². The average molecular weight is 340 g/mol. The molecule has 130 valence electrons. The Kier molecular flexibility index (Phi) is 3.83. The molecular weight excluding hydrogens is 320 g/mol. The van der Waals surface area contributed by atoms with Gasteiger partial charge in [0.2, 0.25) is 5.91 Å². The number of hydrogen-bond acceptors (Lipinski definition) is 6. The van der Waals surface area contributed by atoms with Crippen molar-refractivity contribution >= 4 is 17.4 Å². The number of nitrogens with zero attached hydrogens (tertiary/aromatic N) is 8. The van der Waals surface area contributed by atoms with E-state index in [1.807, 2.05) is 29.6 Å². The van der Waals surface area contributed by atoms with Crippen LogP contribution in [0.3, 0.4) is 0 Å². The van der Waals surface area contributed by atoms with Gasteiger partial charge in [-0.15, -0.1) is 5.10 Å². The maximum Gasteiger partial charge on any atom is 0.227 e. The molecule has 9 heteroatoms. The first-order valence-corrected chi connectivity index (χ1v) is 8.28. The standard InChI is InChI=1S/C16H20N8O/c1-12-19-14-9-17-10-15(24(14)20-12)22-3-5-23(6-4-22)16(25)7-13-8-18-21(2)11-13/h8-11H,3-7H2,1-2H3. The summed E-state index contributed by atoms with van der Waals surface area (Å²) in [5.74, 6) is 1.78. The quantitative estimate of drug-likeness (QED) is 0.670. The third-order valence-corrected chi connectivity index (χ3v) is 4.41. The van der Waals surface area contributed by atoms with Crippen LogP contribution in [0.4, 0.5) is 5.82 Å². The van der Waals surface area contributed by atoms with Crippen molar-refractivity contribution in [3.05, 3.63) is 36.2 Å². The Hall–Kier alpha value is -2.97. The molecule has 0 unspecified atom stereocenters. The lowest BCUT2D eigenvalue weighted by molar-refractivity contribution is -0.130. The van der Waals surface area contributed by atoms with E-state index in [2.05, 4.69) is 25.1 Å². The summed E-state index contributed by atoms with van der Waals surface area (Å²) < 4.78 is 3.53. The van der Waals surface area contributed by atoms with Gasteiger partial charge in [0, 0.05) is 39.4 Å². The highest BCUT2D eigenvalue weighted by Gasteiger charge is 2.23. The number of carbonyl (C=O) groups is 1. The fourth-order valence-electron chi connectivity index (χ4n) is 3.16. The van der Waals surface area contributed by atoms with Crippen molar-refractivity contribution in [1.82, 2.24) is 34.3 Å². The topological polar surface area (TPSA) is 84.5 Å². The van der Waals surface area contributed by atoms with Gasteiger partial charge in [-0.05, 0) is 12.5 Å². The zero-order chi connectivity index (χ0) is 17.4. The molecule has 1 amide bonds. The molecule has 1 aliphatic rings. The molecule has 0 atom stereocenters. The van der Waals surface area contributed by atoms with Crippen LogP contribution in [0.15, 0.2) is 24.8 Å². The minimum absolute atomic E-state index is 0.139. The van der Waals surface area contributed by atoms with Crippen LogP contribution >= 0.6 is 0 Å². The van der Waals surface area contributed by atoms with Crippen LogP contribution in [0.25, 0.3) is 5.65 Å². The highest BCUT2D eigenvalue weighted by atomic mass is 16.2. The lowest BCUT2D eigenvalue weighted by Gasteiger charge is -2.35. The summed E-state index contributed by atoms with van der Waals surface area (Å²) >= 11 is 0. The number of rotatable bonds is 3. The SMILES string of the molecule is Cc1nc2cncc(N3CCN(C(=O)Cc4cnn(C)c4)CC3)n2n1. The molecule has 3 aromatic rings. The number of aryl methyl sites for hydroxylation is 2. The fraction of sp³-hybridized carbons (Fsp3) is 0.438. The van der Waals surface area contributed by atoms with Crippen LogP contribution in [0.5, 0.6) is 0 Å². The molecule has 1 fully saturated rings. The Bertz CT molecular complexity index is 906. The van der Waals surface area contributed by atoms with Crippen molar-refractivity contribution < 1.29 is 4.79 Å². The van der Waals surface area contributed by atoms with Gasteiger partial charge in [0.25, 0.3) is 0 Å². The second-order valence-corrected chi connectivity index (χ2v) is 6.26. The zero-order valence-corrected chi connectivity index (χ0v) is 14.3. The van der Waals surface area contributed by atoms with Gasteiger partial charge in [-0.1, -0.05) is 0 Å². The molecule has 9 nitrogen and oxygen atoms in total. The second-order valence-electron chi connectivity index (χ2n) is 6.26. The monoisotopic (exact) mass is 340 g/mol. The summed E-state index contributed by atoms with van der Waals surface area (Å²) in [6.07, 6.45) is 7.53. The minimum Gasteiger partial charge on any atom is -0.352 e. The number of anilines is 1. The molecule has 0 N–H and O–H groups in total. The van der Waals surface area contributed by atoms with Crippen molar-refractivity contribution in [2.24, 2.45) is 7.05 Å². The summed E-state index contributed by atoms with van der Waals surface area (Å²) in [7, 11) is 1.85. The van der Waals surface area contributed by atoms with Crippen LogP contribution in [-0.2, 0) is 18.3 Å². The van der Waals surface area contributed by atoms with Crippen LogP contribution in [0.2, 0.25) is 0 Å². The lowest BCUT2D eigenvalue weighted by atomic mass is 10.2. The van der Waals surface area contributed by atoms with Crippen molar-refractivity contribution in [3.8, 4) is 0 Å². The molecule has 4 rings (SSSR count). The average Bonchev–Trinajstić information content (AvgIpc) is 3.19. The van der Waals surface area contributed by atoms with Crippen LogP contribution in [0, 0.1) is 6.92 Å². The van der Waals surface area contributed by atoms with Gasteiger partial charge in [0.05, 0.1) is 25.0 Å². The molecule has 0 spiro atoms. The van der Waals surface area contributed by atoms with Gasteiger partial charge in [-0.3, -0.25) is 14.5 Å². The smallest absolute Gasteiger partial charge is 0.227 e. The third-order valence-electron chi connectivity index (χ3n) is 4.41. The molecule has 0 aromatic carbocycles. The van der Waals surface area contributed by atoms with Gasteiger partial charge >= 0.3 is 0 Å². The van der Waals surface area contributed by atoms with Crippen LogP contribution in [0.1, 0.15) is 11.4 Å². The van der Waals surface area contributed by atoms with E-state index in [9.17, 15) is 4.79 Å². The predicted molar refractivity (Wildman–Crippen MR) is 91.2 cm³/mol. The number of hydrogen-bond donors (Lipinski definition) is 0. The first-order valence-electron chi connectivity index (χ1n) is 8.28. The van der Waals surface area contributed by atoms with E-state index in [0.29, 0.717) is 19.5 Å². The van der Waals surface area contributed by atoms with Gasteiger partial charge in [-0.2, -0.15) is 9.61 Å². The molecule has 1 saturated heterocycles. The van der Waals surface area contributed by atoms with Crippen LogP contribution in [-0.4, -0.2) is 66.3 Å². The Morgan fingerprint density at radius 3 is 2.68 bits per heavy atom. The maximum absolute atomic E-state index is 12.5. The van der Waals surface area contributed by atoms with Crippen molar-refractivity contribution in [2.75, 3.05) is 31.1 Å². The summed E-state index contributed by atoms with van der Waals surface area (Å²) in [6, 6.07) is 0. The van der Waals surface area contributed by atoms with E-state index in [1.54, 1.807) is 23.3 Å². The van der Waals surface area contributed by atoms with Crippen molar-refractivity contribution in [3.63, 3.8) is 0 Å². The van der Waals surface area contributed by atoms with Crippen molar-refractivity contribution in [1.29, 1.82) is 0 Å². The molecule has 0 bridgehead atoms. The molecule has 3 aromatic heterocycles. The molecule has 4 heterocycles. The predicted octanol–water partition coefficient (Wildman–Crippen LogP) is 0.0575. The van der Waals surface area contributed by atoms with Gasteiger partial charge < -0.3 is 9.80 Å². The Morgan fingerprint density at radius 1 is 1.16 bits per heavy atom. The highest BCUT2D eigenvalue weighted by molar-refractivity contribution is 5.79. The van der Waals surface area contributed by atoms with E-state index in [0.717, 1.165) is 35.9 Å². The van der Waals surface area contributed by atoms with Crippen LogP contribution < -0.4 is 4.90 Å². The summed E-state index contributed by atoms with van der Waals surface area (Å²) in [4.78, 5) is 25.2. The van der Waals surface area contributed by atoms with Gasteiger partial charge in [0.1, 0.15) is 5.82 Å². The van der Waals surface area contributed by atoms with Crippen molar-refractivity contribution in [2.45, 2.75) is 13.3 Å². The Balaban J connectivity index is 1.43. The Labute approximate surface area is 144 Å². The summed E-state index contributed by atoms with van der Waals surface area (Å²) in [5.41, 5.74) is 1.69. The second kappa shape index (κ2) is 6.15. The molecule has 25 heavy (non-hydrogen) atoms. The third kappa shape index (κ3) is 3.04. The Morgan fingerprint density at radius 2 is 1.96 bits per heavy atom. The van der Waals surface area contributed by atoms with E-state index in [4.69, 9.17) is 0 Å². The maximum atomic E-state index is 12.5. The molecule has 0 radical (unpaired) electrons. The van der Waals surface area contributed by atoms with E-state index >= 15 is 0 Å². The lowest BCUT2D eigenvalue weighted by Crippen LogP contribution is -2.49. The molecular formula is C16H20N8O. The molecule has 0 saturated carbocycles. The minimum atomic E-state index is 0.139. The number of amides is 1. The normalized spacial score (nSPS) is 15.1. The van der Waals surface area contributed by atoms with E-state index in [1.165, 1.54) is 0 Å². The molecule has 1 aliphatic heterocycles. The summed E-state index contributed by atoms with van der Waals surface area (Å²) in [5, 5.41) is 8.55. The number of piperazine rings is 1. The van der Waals surface area contributed by atoms with E-state index in [-0.39, 0.29) is 5.91 Å². The molecule has 0 aliphatic carbocycles.